The number of amides is 1. The minimum Gasteiger partial charge on any atom is -0.430 e. The van der Waals surface area contributed by atoms with E-state index in [4.69, 9.17) is 4.74 Å². The Morgan fingerprint density at radius 1 is 1.06 bits per heavy atom. The van der Waals surface area contributed by atoms with Crippen molar-refractivity contribution in [2.24, 2.45) is 0 Å². The number of ether oxygens (including phenoxy) is 1. The van der Waals surface area contributed by atoms with Crippen LogP contribution in [0.1, 0.15) is 46.6 Å². The molecule has 0 radical (unpaired) electrons. The largest absolute Gasteiger partial charge is 0.430 e. The Hall–Kier alpha value is -2.77. The van der Waals surface area contributed by atoms with Crippen LogP contribution in [-0.2, 0) is 6.42 Å². The predicted molar refractivity (Wildman–Crippen MR) is 123 cm³/mol. The van der Waals surface area contributed by atoms with Crippen molar-refractivity contribution in [3.8, 4) is 10.9 Å². The van der Waals surface area contributed by atoms with Crippen molar-refractivity contribution in [3.63, 3.8) is 0 Å². The summed E-state index contributed by atoms with van der Waals surface area (Å²) in [7, 11) is 0. The Morgan fingerprint density at radius 2 is 1.81 bits per heavy atom. The number of aryl methyl sites for hydroxylation is 1. The van der Waals surface area contributed by atoms with E-state index in [1.807, 2.05) is 0 Å². The summed E-state index contributed by atoms with van der Waals surface area (Å²) in [6.45, 7) is 5.93. The van der Waals surface area contributed by atoms with Crippen molar-refractivity contribution >= 4 is 17.4 Å². The molecule has 1 aliphatic rings. The summed E-state index contributed by atoms with van der Waals surface area (Å²) in [4.78, 5) is 19.2. The molecule has 2 aromatic carbocycles. The fourth-order valence-corrected chi connectivity index (χ4v) is 4.20. The maximum absolute atomic E-state index is 12.4. The monoisotopic (exact) mass is 436 g/mol. The van der Waals surface area contributed by atoms with Crippen LogP contribution in [0.25, 0.3) is 0 Å². The second-order valence-corrected chi connectivity index (χ2v) is 8.64. The molecule has 0 aliphatic carbocycles. The summed E-state index contributed by atoms with van der Waals surface area (Å²) in [5.74, 6) is 1.33. The van der Waals surface area contributed by atoms with E-state index in [0.29, 0.717) is 29.5 Å². The lowest BCUT2D eigenvalue weighted by atomic mass is 10.1. The van der Waals surface area contributed by atoms with Gasteiger partial charge in [0, 0.05) is 36.6 Å². The molecule has 4 rings (SSSR count). The fourth-order valence-electron chi connectivity index (χ4n) is 3.63. The average molecular weight is 437 g/mol. The number of hydrogen-bond acceptors (Lipinski definition) is 6. The second-order valence-electron chi connectivity index (χ2n) is 7.92. The van der Waals surface area contributed by atoms with Gasteiger partial charge >= 0.3 is 0 Å². The third-order valence-electron chi connectivity index (χ3n) is 5.42. The Kier molecular flexibility index (Phi) is 7.27. The highest BCUT2D eigenvalue weighted by atomic mass is 32.1. The molecule has 0 spiro atoms. The van der Waals surface area contributed by atoms with Crippen molar-refractivity contribution in [1.29, 1.82) is 0 Å². The standard InChI is InChI=1S/C24H28N4O2S/c1-18-5-7-19(8-6-18)17-22-26-24(31-27-22)30-21-11-9-20(10-12-21)23(29)25-13-16-28-14-3-2-4-15-28/h5-12H,2-4,13-17H2,1H3,(H,25,29). The lowest BCUT2D eigenvalue weighted by Gasteiger charge is -2.26. The molecule has 1 fully saturated rings. The van der Waals surface area contributed by atoms with Gasteiger partial charge in [0.1, 0.15) is 5.75 Å². The topological polar surface area (TPSA) is 67.3 Å². The van der Waals surface area contributed by atoms with Gasteiger partial charge in [-0.05, 0) is 62.7 Å². The molecule has 0 bridgehead atoms. The predicted octanol–water partition coefficient (Wildman–Crippen LogP) is 4.45. The molecule has 6 nitrogen and oxygen atoms in total. The third kappa shape index (κ3) is 6.35. The van der Waals surface area contributed by atoms with E-state index in [9.17, 15) is 4.79 Å². The number of aromatic nitrogens is 2. The number of hydrogen-bond donors (Lipinski definition) is 1. The lowest BCUT2D eigenvalue weighted by molar-refractivity contribution is 0.0946. The number of rotatable bonds is 8. The number of likely N-dealkylation sites (tertiary alicyclic amines) is 1. The summed E-state index contributed by atoms with van der Waals surface area (Å²) in [6.07, 6.45) is 4.52. The van der Waals surface area contributed by atoms with Crippen molar-refractivity contribution in [2.75, 3.05) is 26.2 Å². The minimum absolute atomic E-state index is 0.0557. The van der Waals surface area contributed by atoms with E-state index in [2.05, 4.69) is 50.8 Å². The first-order valence-corrected chi connectivity index (χ1v) is 11.6. The average Bonchev–Trinajstić information content (AvgIpc) is 3.23. The number of nitrogens with zero attached hydrogens (tertiary/aromatic N) is 3. The molecule has 3 aromatic rings. The van der Waals surface area contributed by atoms with Gasteiger partial charge in [0.15, 0.2) is 5.82 Å². The molecule has 0 atom stereocenters. The number of carbonyl (C=O) groups excluding carboxylic acids is 1. The van der Waals surface area contributed by atoms with Crippen LogP contribution in [0, 0.1) is 6.92 Å². The first-order valence-electron chi connectivity index (χ1n) is 10.8. The van der Waals surface area contributed by atoms with Gasteiger partial charge < -0.3 is 15.0 Å². The highest BCUT2D eigenvalue weighted by Gasteiger charge is 2.12. The zero-order valence-electron chi connectivity index (χ0n) is 17.8. The van der Waals surface area contributed by atoms with Crippen molar-refractivity contribution < 1.29 is 9.53 Å². The quantitative estimate of drug-likeness (QED) is 0.565. The van der Waals surface area contributed by atoms with E-state index in [0.717, 1.165) is 25.5 Å². The van der Waals surface area contributed by atoms with Crippen LogP contribution >= 0.6 is 11.5 Å². The molecule has 0 saturated carbocycles. The highest BCUT2D eigenvalue weighted by molar-refractivity contribution is 7.07. The van der Waals surface area contributed by atoms with Crippen LogP contribution in [0.5, 0.6) is 10.9 Å². The maximum Gasteiger partial charge on any atom is 0.298 e. The molecule has 31 heavy (non-hydrogen) atoms. The summed E-state index contributed by atoms with van der Waals surface area (Å²) in [5.41, 5.74) is 3.03. The highest BCUT2D eigenvalue weighted by Crippen LogP contribution is 2.24. The molecule has 1 N–H and O–H groups in total. The van der Waals surface area contributed by atoms with Crippen LogP contribution in [0.3, 0.4) is 0 Å². The SMILES string of the molecule is Cc1ccc(Cc2nsc(Oc3ccc(C(=O)NCCN4CCCCC4)cc3)n2)cc1. The van der Waals surface area contributed by atoms with E-state index in [1.54, 1.807) is 24.3 Å². The van der Waals surface area contributed by atoms with Gasteiger partial charge in [0.25, 0.3) is 11.1 Å². The third-order valence-corrected chi connectivity index (χ3v) is 6.05. The van der Waals surface area contributed by atoms with Crippen LogP contribution in [0.4, 0.5) is 0 Å². The van der Waals surface area contributed by atoms with Gasteiger partial charge in [-0.1, -0.05) is 36.2 Å². The molecule has 1 aromatic heterocycles. The van der Waals surface area contributed by atoms with Crippen molar-refractivity contribution in [3.05, 3.63) is 71.0 Å². The van der Waals surface area contributed by atoms with E-state index < -0.39 is 0 Å². The number of carbonyl (C=O) groups is 1. The molecule has 7 heteroatoms. The van der Waals surface area contributed by atoms with Gasteiger partial charge in [-0.2, -0.15) is 9.36 Å². The summed E-state index contributed by atoms with van der Waals surface area (Å²) < 4.78 is 10.2. The van der Waals surface area contributed by atoms with Crippen LogP contribution in [0.15, 0.2) is 48.5 Å². The van der Waals surface area contributed by atoms with Gasteiger partial charge in [-0.15, -0.1) is 0 Å². The first-order chi connectivity index (χ1) is 15.2. The molecule has 1 aliphatic heterocycles. The van der Waals surface area contributed by atoms with Gasteiger partial charge in [-0.25, -0.2) is 0 Å². The first kappa shape index (κ1) is 21.5. The second kappa shape index (κ2) is 10.5. The molecule has 2 heterocycles. The molecule has 1 amide bonds. The van der Waals surface area contributed by atoms with E-state index in [-0.39, 0.29) is 5.91 Å². The Bertz CT molecular complexity index is 980. The number of nitrogens with one attached hydrogen (secondary N) is 1. The number of benzene rings is 2. The Balaban J connectivity index is 1.25. The van der Waals surface area contributed by atoms with Crippen LogP contribution in [0.2, 0.25) is 0 Å². The summed E-state index contributed by atoms with van der Waals surface area (Å²) in [6, 6.07) is 15.5. The minimum atomic E-state index is -0.0557. The summed E-state index contributed by atoms with van der Waals surface area (Å²) >= 11 is 1.23. The molecule has 162 valence electrons. The molecule has 1 saturated heterocycles. The van der Waals surface area contributed by atoms with Gasteiger partial charge in [0.2, 0.25) is 0 Å². The summed E-state index contributed by atoms with van der Waals surface area (Å²) in [5, 5.41) is 3.50. The van der Waals surface area contributed by atoms with Crippen LogP contribution < -0.4 is 10.1 Å². The molecular formula is C24H28N4O2S. The van der Waals surface area contributed by atoms with Gasteiger partial charge in [-0.3, -0.25) is 4.79 Å². The van der Waals surface area contributed by atoms with Gasteiger partial charge in [0.05, 0.1) is 0 Å². The fraction of sp³-hybridized carbons (Fsp3) is 0.375. The van der Waals surface area contributed by atoms with E-state index in [1.165, 1.54) is 41.9 Å². The maximum atomic E-state index is 12.4. The van der Waals surface area contributed by atoms with Crippen molar-refractivity contribution in [1.82, 2.24) is 19.6 Å². The Labute approximate surface area is 187 Å². The smallest absolute Gasteiger partial charge is 0.298 e. The van der Waals surface area contributed by atoms with E-state index >= 15 is 0 Å². The van der Waals surface area contributed by atoms with Crippen LogP contribution in [-0.4, -0.2) is 46.3 Å². The molecular weight excluding hydrogens is 408 g/mol. The molecule has 0 unspecified atom stereocenters. The zero-order valence-corrected chi connectivity index (χ0v) is 18.7. The zero-order chi connectivity index (χ0) is 21.5. The number of piperidine rings is 1. The van der Waals surface area contributed by atoms with Crippen molar-refractivity contribution in [2.45, 2.75) is 32.6 Å². The lowest BCUT2D eigenvalue weighted by Crippen LogP contribution is -2.37. The normalized spacial score (nSPS) is 14.4. The Morgan fingerprint density at radius 3 is 2.55 bits per heavy atom.